The maximum absolute atomic E-state index is 11.4. The molecular formula is C10H20O5Si. The molecule has 0 aliphatic carbocycles. The van der Waals surface area contributed by atoms with E-state index in [9.17, 15) is 4.79 Å². The molecule has 5 nitrogen and oxygen atoms in total. The molecule has 1 atom stereocenters. The molecule has 0 rings (SSSR count). The number of hydrogen-bond donors (Lipinski definition) is 0. The van der Waals surface area contributed by atoms with Crippen LogP contribution >= 0.6 is 0 Å². The van der Waals surface area contributed by atoms with Crippen molar-refractivity contribution in [3.63, 3.8) is 0 Å². The highest BCUT2D eigenvalue weighted by Gasteiger charge is 2.49. The van der Waals surface area contributed by atoms with E-state index in [0.717, 1.165) is 0 Å². The van der Waals surface area contributed by atoms with Gasteiger partial charge in [-0.15, -0.1) is 0 Å². The van der Waals surface area contributed by atoms with Gasteiger partial charge in [0.1, 0.15) is 0 Å². The standard InChI is InChI=1S/C10H20O5Si/c1-6-8-9(11)15-10(7-2)16(12-3,13-4)14-5/h6,8,10H,7H2,1-5H3/b8-6+/t10-/m0/s1. The van der Waals surface area contributed by atoms with Crippen molar-refractivity contribution in [1.29, 1.82) is 0 Å². The molecule has 16 heavy (non-hydrogen) atoms. The zero-order valence-electron chi connectivity index (χ0n) is 10.5. The molecule has 0 radical (unpaired) electrons. The molecular weight excluding hydrogens is 228 g/mol. The Balaban J connectivity index is 4.74. The fourth-order valence-corrected chi connectivity index (χ4v) is 3.41. The van der Waals surface area contributed by atoms with Gasteiger partial charge in [-0.25, -0.2) is 4.79 Å². The van der Waals surface area contributed by atoms with E-state index in [1.54, 1.807) is 13.0 Å². The second-order valence-electron chi connectivity index (χ2n) is 3.05. The Bertz CT molecular complexity index is 229. The van der Waals surface area contributed by atoms with Crippen molar-refractivity contribution < 1.29 is 22.8 Å². The van der Waals surface area contributed by atoms with Gasteiger partial charge in [0.25, 0.3) is 0 Å². The Kier molecular flexibility index (Phi) is 7.23. The molecule has 0 amide bonds. The number of rotatable bonds is 7. The monoisotopic (exact) mass is 248 g/mol. The minimum absolute atomic E-state index is 0.419. The highest BCUT2D eigenvalue weighted by molar-refractivity contribution is 6.62. The normalized spacial score (nSPS) is 14.1. The van der Waals surface area contributed by atoms with Crippen molar-refractivity contribution in [2.75, 3.05) is 21.3 Å². The lowest BCUT2D eigenvalue weighted by molar-refractivity contribution is -0.142. The van der Waals surface area contributed by atoms with E-state index in [1.807, 2.05) is 6.92 Å². The molecule has 0 aromatic heterocycles. The quantitative estimate of drug-likeness (QED) is 0.386. The van der Waals surface area contributed by atoms with Crippen LogP contribution in [-0.4, -0.2) is 41.8 Å². The van der Waals surface area contributed by atoms with Crippen LogP contribution in [0.3, 0.4) is 0 Å². The average molecular weight is 248 g/mol. The van der Waals surface area contributed by atoms with Crippen LogP contribution in [0.4, 0.5) is 0 Å². The van der Waals surface area contributed by atoms with Gasteiger partial charge in [0, 0.05) is 27.4 Å². The number of allylic oxidation sites excluding steroid dienone is 1. The van der Waals surface area contributed by atoms with Crippen LogP contribution < -0.4 is 0 Å². The molecule has 6 heteroatoms. The number of esters is 1. The van der Waals surface area contributed by atoms with E-state index in [4.69, 9.17) is 18.0 Å². The molecule has 0 fully saturated rings. The number of hydrogen-bond acceptors (Lipinski definition) is 5. The van der Waals surface area contributed by atoms with E-state index in [-0.39, 0.29) is 0 Å². The van der Waals surface area contributed by atoms with Crippen LogP contribution in [0.25, 0.3) is 0 Å². The molecule has 0 heterocycles. The summed E-state index contributed by atoms with van der Waals surface area (Å²) in [5.41, 5.74) is -0.490. The molecule has 0 unspecified atom stereocenters. The molecule has 0 aliphatic heterocycles. The highest BCUT2D eigenvalue weighted by atomic mass is 28.4. The van der Waals surface area contributed by atoms with Crippen LogP contribution in [0.2, 0.25) is 0 Å². The molecule has 0 saturated carbocycles. The zero-order chi connectivity index (χ0) is 12.6. The highest BCUT2D eigenvalue weighted by Crippen LogP contribution is 2.18. The van der Waals surface area contributed by atoms with E-state index in [1.165, 1.54) is 27.4 Å². The topological polar surface area (TPSA) is 54.0 Å². The molecule has 0 aromatic rings. The molecule has 0 bridgehead atoms. The van der Waals surface area contributed by atoms with Gasteiger partial charge in [-0.2, -0.15) is 0 Å². The van der Waals surface area contributed by atoms with E-state index < -0.39 is 20.5 Å². The van der Waals surface area contributed by atoms with E-state index >= 15 is 0 Å². The van der Waals surface area contributed by atoms with Gasteiger partial charge in [-0.05, 0) is 13.3 Å². The number of carbonyl (C=O) groups is 1. The van der Waals surface area contributed by atoms with E-state index in [0.29, 0.717) is 6.42 Å². The third-order valence-electron chi connectivity index (χ3n) is 2.18. The van der Waals surface area contributed by atoms with Crippen LogP contribution in [0.15, 0.2) is 12.2 Å². The van der Waals surface area contributed by atoms with Gasteiger partial charge in [0.05, 0.1) is 0 Å². The Morgan fingerprint density at radius 1 is 1.25 bits per heavy atom. The lowest BCUT2D eigenvalue weighted by Gasteiger charge is -2.30. The van der Waals surface area contributed by atoms with Crippen molar-refractivity contribution in [1.82, 2.24) is 0 Å². The second kappa shape index (κ2) is 7.56. The minimum atomic E-state index is -2.92. The van der Waals surface area contributed by atoms with Gasteiger partial charge in [-0.3, -0.25) is 0 Å². The van der Waals surface area contributed by atoms with Crippen LogP contribution in [0.1, 0.15) is 20.3 Å². The number of ether oxygens (including phenoxy) is 1. The van der Waals surface area contributed by atoms with Crippen LogP contribution in [-0.2, 0) is 22.8 Å². The van der Waals surface area contributed by atoms with E-state index in [2.05, 4.69) is 0 Å². The summed E-state index contributed by atoms with van der Waals surface area (Å²) in [6, 6.07) is 0. The smallest absolute Gasteiger partial charge is 0.455 e. The third-order valence-corrected chi connectivity index (χ3v) is 5.20. The minimum Gasteiger partial charge on any atom is -0.455 e. The summed E-state index contributed by atoms with van der Waals surface area (Å²) in [6.45, 7) is 3.63. The third kappa shape index (κ3) is 3.71. The summed E-state index contributed by atoms with van der Waals surface area (Å²) in [4.78, 5) is 11.4. The molecule has 94 valence electrons. The van der Waals surface area contributed by atoms with Crippen LogP contribution in [0.5, 0.6) is 0 Å². The summed E-state index contributed by atoms with van der Waals surface area (Å²) >= 11 is 0. The molecule has 0 saturated heterocycles. The first kappa shape index (κ1) is 15.3. The van der Waals surface area contributed by atoms with Gasteiger partial charge >= 0.3 is 14.8 Å². The summed E-state index contributed by atoms with van der Waals surface area (Å²) in [5, 5.41) is 0. The lowest BCUT2D eigenvalue weighted by Crippen LogP contribution is -2.55. The van der Waals surface area contributed by atoms with Crippen molar-refractivity contribution in [3.8, 4) is 0 Å². The molecule has 0 aromatic carbocycles. The van der Waals surface area contributed by atoms with Crippen molar-refractivity contribution >= 4 is 14.8 Å². The average Bonchev–Trinajstić information content (AvgIpc) is 2.30. The Hall–Kier alpha value is -0.693. The van der Waals surface area contributed by atoms with Gasteiger partial charge in [0.2, 0.25) is 0 Å². The largest absolute Gasteiger partial charge is 0.543 e. The van der Waals surface area contributed by atoms with Gasteiger partial charge in [0.15, 0.2) is 5.73 Å². The first-order chi connectivity index (χ1) is 7.60. The van der Waals surface area contributed by atoms with Gasteiger partial charge in [-0.1, -0.05) is 13.0 Å². The first-order valence-electron chi connectivity index (χ1n) is 5.08. The van der Waals surface area contributed by atoms with Crippen molar-refractivity contribution in [2.45, 2.75) is 26.0 Å². The molecule has 0 aliphatic rings. The van der Waals surface area contributed by atoms with Crippen LogP contribution in [0, 0.1) is 0 Å². The number of carbonyl (C=O) groups excluding carboxylic acids is 1. The summed E-state index contributed by atoms with van der Waals surface area (Å²) < 4.78 is 21.0. The Labute approximate surface area is 97.7 Å². The molecule has 0 N–H and O–H groups in total. The summed E-state index contributed by atoms with van der Waals surface area (Å²) in [5.74, 6) is -0.419. The zero-order valence-corrected chi connectivity index (χ0v) is 11.5. The van der Waals surface area contributed by atoms with Crippen molar-refractivity contribution in [3.05, 3.63) is 12.2 Å². The SMILES string of the molecule is C/C=C/C(=O)O[C@H](CC)[Si](OC)(OC)OC. The Morgan fingerprint density at radius 2 is 1.75 bits per heavy atom. The lowest BCUT2D eigenvalue weighted by atomic mass is 10.5. The first-order valence-corrected chi connectivity index (χ1v) is 6.89. The summed E-state index contributed by atoms with van der Waals surface area (Å²) in [6.07, 6.45) is 3.54. The predicted molar refractivity (Wildman–Crippen MR) is 61.8 cm³/mol. The fraction of sp³-hybridized carbons (Fsp3) is 0.700. The Morgan fingerprint density at radius 3 is 2.06 bits per heavy atom. The van der Waals surface area contributed by atoms with Gasteiger partial charge < -0.3 is 18.0 Å². The maximum atomic E-state index is 11.4. The fourth-order valence-electron chi connectivity index (χ4n) is 1.37. The van der Waals surface area contributed by atoms with Crippen molar-refractivity contribution in [2.24, 2.45) is 0 Å². The summed E-state index contributed by atoms with van der Waals surface area (Å²) in [7, 11) is 1.56. The predicted octanol–water partition coefficient (Wildman–Crippen LogP) is 1.30. The maximum Gasteiger partial charge on any atom is 0.543 e. The molecule has 0 spiro atoms. The second-order valence-corrected chi connectivity index (χ2v) is 6.13.